The van der Waals surface area contributed by atoms with E-state index in [-0.39, 0.29) is 4.90 Å². The number of benzene rings is 2. The minimum Gasteiger partial charge on any atom is -0.397 e. The van der Waals surface area contributed by atoms with E-state index in [4.69, 9.17) is 5.73 Å². The highest BCUT2D eigenvalue weighted by atomic mass is 79.9. The number of halogens is 1. The Bertz CT molecular complexity index is 743. The smallest absolute Gasteiger partial charge is 0.242 e. The van der Waals surface area contributed by atoms with Gasteiger partial charge in [-0.05, 0) is 42.5 Å². The van der Waals surface area contributed by atoms with E-state index in [1.54, 1.807) is 6.07 Å². The van der Waals surface area contributed by atoms with Crippen molar-refractivity contribution >= 4 is 43.0 Å². The molecule has 21 heavy (non-hydrogen) atoms. The Balaban J connectivity index is 2.38. The van der Waals surface area contributed by atoms with Gasteiger partial charge < -0.3 is 11.1 Å². The molecule has 0 saturated carbocycles. The Morgan fingerprint density at radius 2 is 1.71 bits per heavy atom. The van der Waals surface area contributed by atoms with Crippen LogP contribution in [0.5, 0.6) is 0 Å². The fourth-order valence-electron chi connectivity index (χ4n) is 1.70. The van der Waals surface area contributed by atoms with Crippen LogP contribution in [0.4, 0.5) is 17.1 Å². The van der Waals surface area contributed by atoms with Crippen molar-refractivity contribution in [2.75, 3.05) is 25.1 Å². The van der Waals surface area contributed by atoms with Crippen LogP contribution in [0, 0.1) is 0 Å². The summed E-state index contributed by atoms with van der Waals surface area (Å²) in [6.07, 6.45) is 0. The van der Waals surface area contributed by atoms with Gasteiger partial charge in [0.25, 0.3) is 0 Å². The lowest BCUT2D eigenvalue weighted by Gasteiger charge is -2.14. The van der Waals surface area contributed by atoms with Gasteiger partial charge in [-0.2, -0.15) is 0 Å². The van der Waals surface area contributed by atoms with Crippen LogP contribution in [0.3, 0.4) is 0 Å². The fourth-order valence-corrected chi connectivity index (χ4v) is 2.90. The van der Waals surface area contributed by atoms with Crippen molar-refractivity contribution in [3.8, 4) is 0 Å². The summed E-state index contributed by atoms with van der Waals surface area (Å²) in [5.74, 6) is 0. The number of nitrogens with zero attached hydrogens (tertiary/aromatic N) is 1. The Hall–Kier alpha value is -1.57. The molecular weight excluding hydrogens is 354 g/mol. The SMILES string of the molecule is CN(C)S(=O)(=O)c1ccc(N)c(Nc2ccc(Br)cc2)c1. The molecule has 0 aliphatic rings. The van der Waals surface area contributed by atoms with Gasteiger partial charge in [0, 0.05) is 24.3 Å². The van der Waals surface area contributed by atoms with Gasteiger partial charge in [0.05, 0.1) is 16.3 Å². The number of anilines is 3. The second-order valence-corrected chi connectivity index (χ2v) is 7.74. The minimum absolute atomic E-state index is 0.196. The molecule has 7 heteroatoms. The monoisotopic (exact) mass is 369 g/mol. The molecule has 0 aliphatic carbocycles. The highest BCUT2D eigenvalue weighted by Crippen LogP contribution is 2.27. The van der Waals surface area contributed by atoms with E-state index < -0.39 is 10.0 Å². The largest absolute Gasteiger partial charge is 0.397 e. The summed E-state index contributed by atoms with van der Waals surface area (Å²) in [6.45, 7) is 0. The molecule has 0 bridgehead atoms. The third-order valence-corrected chi connectivity index (χ3v) is 5.27. The highest BCUT2D eigenvalue weighted by molar-refractivity contribution is 9.10. The Kier molecular flexibility index (Phi) is 4.55. The van der Waals surface area contributed by atoms with Gasteiger partial charge in [0.2, 0.25) is 10.0 Å². The standard InChI is InChI=1S/C14H16BrN3O2S/c1-18(2)21(19,20)12-7-8-13(16)14(9-12)17-11-5-3-10(15)4-6-11/h3-9,17H,16H2,1-2H3. The molecule has 0 amide bonds. The van der Waals surface area contributed by atoms with E-state index >= 15 is 0 Å². The lowest BCUT2D eigenvalue weighted by molar-refractivity contribution is 0.521. The molecule has 3 N–H and O–H groups in total. The first-order valence-corrected chi connectivity index (χ1v) is 8.38. The van der Waals surface area contributed by atoms with Crippen LogP contribution >= 0.6 is 15.9 Å². The van der Waals surface area contributed by atoms with Gasteiger partial charge in [-0.1, -0.05) is 15.9 Å². The predicted molar refractivity (Wildman–Crippen MR) is 89.2 cm³/mol. The normalized spacial score (nSPS) is 11.6. The molecule has 2 aromatic rings. The van der Waals surface area contributed by atoms with Gasteiger partial charge >= 0.3 is 0 Å². The summed E-state index contributed by atoms with van der Waals surface area (Å²) < 4.78 is 26.4. The van der Waals surface area contributed by atoms with Crippen molar-refractivity contribution in [3.63, 3.8) is 0 Å². The van der Waals surface area contributed by atoms with Crippen LogP contribution in [0.1, 0.15) is 0 Å². The summed E-state index contributed by atoms with van der Waals surface area (Å²) in [5, 5.41) is 3.12. The Morgan fingerprint density at radius 1 is 1.10 bits per heavy atom. The second kappa shape index (κ2) is 6.05. The lowest BCUT2D eigenvalue weighted by Crippen LogP contribution is -2.22. The molecule has 0 atom stereocenters. The first-order valence-electron chi connectivity index (χ1n) is 6.15. The van der Waals surface area contributed by atoms with Gasteiger partial charge in [-0.3, -0.25) is 0 Å². The van der Waals surface area contributed by atoms with Gasteiger partial charge in [0.15, 0.2) is 0 Å². The van der Waals surface area contributed by atoms with E-state index in [2.05, 4.69) is 21.2 Å². The van der Waals surface area contributed by atoms with E-state index in [9.17, 15) is 8.42 Å². The number of nitrogen functional groups attached to an aromatic ring is 1. The average molecular weight is 370 g/mol. The van der Waals surface area contributed by atoms with Crippen molar-refractivity contribution in [1.29, 1.82) is 0 Å². The molecule has 112 valence electrons. The van der Waals surface area contributed by atoms with Crippen LogP contribution in [0.2, 0.25) is 0 Å². The first-order chi connectivity index (χ1) is 9.80. The zero-order chi connectivity index (χ0) is 15.6. The summed E-state index contributed by atoms with van der Waals surface area (Å²) in [5.41, 5.74) is 7.77. The molecule has 0 saturated heterocycles. The maximum absolute atomic E-state index is 12.1. The third kappa shape index (κ3) is 3.55. The Labute approximate surface area is 132 Å². The van der Waals surface area contributed by atoms with E-state index in [0.717, 1.165) is 10.2 Å². The number of sulfonamides is 1. The van der Waals surface area contributed by atoms with Crippen molar-refractivity contribution in [1.82, 2.24) is 4.31 Å². The van der Waals surface area contributed by atoms with Gasteiger partial charge in [-0.25, -0.2) is 12.7 Å². The zero-order valence-electron chi connectivity index (χ0n) is 11.7. The van der Waals surface area contributed by atoms with E-state index in [1.165, 1.54) is 30.5 Å². The molecule has 0 fully saturated rings. The van der Waals surface area contributed by atoms with Crippen molar-refractivity contribution < 1.29 is 8.42 Å². The Morgan fingerprint density at radius 3 is 2.29 bits per heavy atom. The van der Waals surface area contributed by atoms with Crippen LogP contribution < -0.4 is 11.1 Å². The molecule has 5 nitrogen and oxygen atoms in total. The lowest BCUT2D eigenvalue weighted by atomic mass is 10.2. The number of hydrogen-bond donors (Lipinski definition) is 2. The third-order valence-electron chi connectivity index (χ3n) is 2.93. The summed E-state index contributed by atoms with van der Waals surface area (Å²) in [7, 11) is -0.498. The first kappa shape index (κ1) is 15.8. The average Bonchev–Trinajstić information content (AvgIpc) is 2.43. The van der Waals surface area contributed by atoms with Gasteiger partial charge in [0.1, 0.15) is 0 Å². The van der Waals surface area contributed by atoms with Crippen molar-refractivity contribution in [2.45, 2.75) is 4.90 Å². The molecule has 2 rings (SSSR count). The maximum atomic E-state index is 12.1. The molecule has 0 unspecified atom stereocenters. The summed E-state index contributed by atoms with van der Waals surface area (Å²) in [4.78, 5) is 0.196. The van der Waals surface area contributed by atoms with Crippen molar-refractivity contribution in [2.24, 2.45) is 0 Å². The van der Waals surface area contributed by atoms with Crippen LogP contribution in [0.25, 0.3) is 0 Å². The zero-order valence-corrected chi connectivity index (χ0v) is 14.1. The molecule has 0 aromatic heterocycles. The molecule has 0 spiro atoms. The number of hydrogen-bond acceptors (Lipinski definition) is 4. The maximum Gasteiger partial charge on any atom is 0.242 e. The van der Waals surface area contributed by atoms with Crippen LogP contribution in [0.15, 0.2) is 51.8 Å². The van der Waals surface area contributed by atoms with Gasteiger partial charge in [-0.15, -0.1) is 0 Å². The molecule has 0 heterocycles. The topological polar surface area (TPSA) is 75.4 Å². The minimum atomic E-state index is -3.48. The molecule has 0 radical (unpaired) electrons. The van der Waals surface area contributed by atoms with Crippen molar-refractivity contribution in [3.05, 3.63) is 46.9 Å². The quantitative estimate of drug-likeness (QED) is 0.812. The number of nitrogens with two attached hydrogens (primary N) is 1. The van der Waals surface area contributed by atoms with E-state index in [1.807, 2.05) is 24.3 Å². The predicted octanol–water partition coefficient (Wildman–Crippen LogP) is 3.03. The van der Waals surface area contributed by atoms with E-state index in [0.29, 0.717) is 11.4 Å². The van der Waals surface area contributed by atoms with Crippen LogP contribution in [-0.2, 0) is 10.0 Å². The molecular formula is C14H16BrN3O2S. The second-order valence-electron chi connectivity index (χ2n) is 4.67. The summed E-state index contributed by atoms with van der Waals surface area (Å²) >= 11 is 3.36. The number of rotatable bonds is 4. The molecule has 2 aromatic carbocycles. The highest BCUT2D eigenvalue weighted by Gasteiger charge is 2.18. The molecule has 0 aliphatic heterocycles. The summed E-state index contributed by atoms with van der Waals surface area (Å²) in [6, 6.07) is 12.1. The number of nitrogens with one attached hydrogen (secondary N) is 1. The fraction of sp³-hybridized carbons (Fsp3) is 0.143. The van der Waals surface area contributed by atoms with Crippen LogP contribution in [-0.4, -0.2) is 26.8 Å².